The Hall–Kier alpha value is -1.14. The maximum absolute atomic E-state index is 13.2. The van der Waals surface area contributed by atoms with Crippen molar-refractivity contribution in [1.29, 1.82) is 0 Å². The first kappa shape index (κ1) is 14.9. The molecule has 1 aromatic carbocycles. The van der Waals surface area contributed by atoms with Crippen molar-refractivity contribution in [3.8, 4) is 5.75 Å². The van der Waals surface area contributed by atoms with E-state index in [0.29, 0.717) is 23.4 Å². The summed E-state index contributed by atoms with van der Waals surface area (Å²) in [5.41, 5.74) is 0. The van der Waals surface area contributed by atoms with Gasteiger partial charge >= 0.3 is 0 Å². The molecule has 1 amide bonds. The van der Waals surface area contributed by atoms with Crippen LogP contribution in [0.5, 0.6) is 5.75 Å². The van der Waals surface area contributed by atoms with Crippen LogP contribution in [-0.4, -0.2) is 32.3 Å². The lowest BCUT2D eigenvalue weighted by atomic mass is 10.3. The minimum Gasteiger partial charge on any atom is -0.481 e. The van der Waals surface area contributed by atoms with Crippen LogP contribution in [0.25, 0.3) is 0 Å². The molecule has 0 aromatic heterocycles. The van der Waals surface area contributed by atoms with E-state index in [1.807, 2.05) is 0 Å². The maximum Gasteiger partial charge on any atom is 0.260 e. The van der Waals surface area contributed by atoms with Gasteiger partial charge in [0.15, 0.2) is 6.10 Å². The summed E-state index contributed by atoms with van der Waals surface area (Å²) in [6.07, 6.45) is -0.692. The molecule has 0 saturated carbocycles. The van der Waals surface area contributed by atoms with Gasteiger partial charge in [0.1, 0.15) is 11.6 Å². The Morgan fingerprint density at radius 1 is 1.56 bits per heavy atom. The molecular formula is C12H15BrFNO3. The van der Waals surface area contributed by atoms with Gasteiger partial charge in [-0.3, -0.25) is 4.79 Å². The van der Waals surface area contributed by atoms with E-state index in [1.165, 1.54) is 12.1 Å². The molecule has 0 spiro atoms. The van der Waals surface area contributed by atoms with E-state index in [2.05, 4.69) is 21.2 Å². The Kier molecular flexibility index (Phi) is 6.07. The summed E-state index contributed by atoms with van der Waals surface area (Å²) >= 11 is 3.04. The molecule has 0 aliphatic rings. The third-order valence-corrected chi connectivity index (χ3v) is 2.82. The number of nitrogens with one attached hydrogen (secondary N) is 1. The predicted molar refractivity (Wildman–Crippen MR) is 69.1 cm³/mol. The molecular weight excluding hydrogens is 305 g/mol. The fourth-order valence-corrected chi connectivity index (χ4v) is 1.47. The molecule has 1 N–H and O–H groups in total. The highest BCUT2D eigenvalue weighted by atomic mass is 79.9. The second-order valence-corrected chi connectivity index (χ2v) is 4.47. The van der Waals surface area contributed by atoms with Crippen molar-refractivity contribution >= 4 is 21.8 Å². The zero-order chi connectivity index (χ0) is 13.5. The fraction of sp³-hybridized carbons (Fsp3) is 0.417. The van der Waals surface area contributed by atoms with E-state index < -0.39 is 11.9 Å². The first-order valence-electron chi connectivity index (χ1n) is 5.43. The number of ether oxygens (including phenoxy) is 2. The van der Waals surface area contributed by atoms with Crippen LogP contribution >= 0.6 is 15.9 Å². The molecule has 0 heterocycles. The Bertz CT molecular complexity index is 414. The molecule has 1 atom stereocenters. The second kappa shape index (κ2) is 7.33. The van der Waals surface area contributed by atoms with Gasteiger partial charge in [-0.05, 0) is 35.0 Å². The summed E-state index contributed by atoms with van der Waals surface area (Å²) in [7, 11) is 1.55. The molecule has 0 aliphatic heterocycles. The van der Waals surface area contributed by atoms with E-state index in [0.717, 1.165) is 0 Å². The maximum atomic E-state index is 13.2. The number of hydrogen-bond acceptors (Lipinski definition) is 3. The van der Waals surface area contributed by atoms with Crippen LogP contribution in [0.4, 0.5) is 4.39 Å². The molecule has 6 heteroatoms. The van der Waals surface area contributed by atoms with E-state index in [-0.39, 0.29) is 5.91 Å². The topological polar surface area (TPSA) is 47.6 Å². The molecule has 4 nitrogen and oxygen atoms in total. The molecule has 1 unspecified atom stereocenters. The highest BCUT2D eigenvalue weighted by molar-refractivity contribution is 9.10. The highest BCUT2D eigenvalue weighted by Crippen LogP contribution is 2.21. The fourth-order valence-electron chi connectivity index (χ4n) is 1.23. The lowest BCUT2D eigenvalue weighted by Crippen LogP contribution is -2.37. The van der Waals surface area contributed by atoms with Gasteiger partial charge in [0.05, 0.1) is 11.1 Å². The normalized spacial score (nSPS) is 12.0. The smallest absolute Gasteiger partial charge is 0.260 e. The van der Waals surface area contributed by atoms with Gasteiger partial charge in [-0.25, -0.2) is 4.39 Å². The second-order valence-electron chi connectivity index (χ2n) is 3.62. The van der Waals surface area contributed by atoms with Crippen LogP contribution in [0.3, 0.4) is 0 Å². The third kappa shape index (κ3) is 4.62. The molecule has 1 rings (SSSR count). The average Bonchev–Trinajstić information content (AvgIpc) is 2.34. The van der Waals surface area contributed by atoms with E-state index >= 15 is 0 Å². The monoisotopic (exact) mass is 319 g/mol. The number of carbonyl (C=O) groups excluding carboxylic acids is 1. The Balaban J connectivity index is 2.50. The minimum atomic E-state index is -0.692. The van der Waals surface area contributed by atoms with Crippen molar-refractivity contribution < 1.29 is 18.7 Å². The number of methoxy groups -OCH3 is 1. The van der Waals surface area contributed by atoms with E-state index in [4.69, 9.17) is 9.47 Å². The van der Waals surface area contributed by atoms with Crippen LogP contribution in [-0.2, 0) is 9.53 Å². The van der Waals surface area contributed by atoms with Crippen molar-refractivity contribution in [2.45, 2.75) is 13.0 Å². The standard InChI is InChI=1S/C12H15BrFNO3/c1-8(12(16)15-5-6-17-2)18-9-3-4-10(13)11(14)7-9/h3-4,7-8H,5-6H2,1-2H3,(H,15,16). The third-order valence-electron chi connectivity index (χ3n) is 2.18. The first-order valence-corrected chi connectivity index (χ1v) is 6.22. The molecule has 1 aromatic rings. The number of benzene rings is 1. The zero-order valence-corrected chi connectivity index (χ0v) is 11.8. The van der Waals surface area contributed by atoms with Gasteiger partial charge in [-0.1, -0.05) is 0 Å². The first-order chi connectivity index (χ1) is 8.54. The SMILES string of the molecule is COCCNC(=O)C(C)Oc1ccc(Br)c(F)c1. The van der Waals surface area contributed by atoms with Crippen LogP contribution in [0, 0.1) is 5.82 Å². The summed E-state index contributed by atoms with van der Waals surface area (Å²) in [6.45, 7) is 2.45. The zero-order valence-electron chi connectivity index (χ0n) is 10.2. The highest BCUT2D eigenvalue weighted by Gasteiger charge is 2.14. The summed E-state index contributed by atoms with van der Waals surface area (Å²) in [5, 5.41) is 2.64. The summed E-state index contributed by atoms with van der Waals surface area (Å²) in [5.74, 6) is -0.389. The lowest BCUT2D eigenvalue weighted by molar-refractivity contribution is -0.127. The van der Waals surface area contributed by atoms with Crippen LogP contribution < -0.4 is 10.1 Å². The minimum absolute atomic E-state index is 0.268. The predicted octanol–water partition coefficient (Wildman–Crippen LogP) is 2.12. The van der Waals surface area contributed by atoms with Crippen molar-refractivity contribution in [1.82, 2.24) is 5.32 Å². The number of rotatable bonds is 6. The molecule has 0 fully saturated rings. The lowest BCUT2D eigenvalue weighted by Gasteiger charge is -2.14. The van der Waals surface area contributed by atoms with Gasteiger partial charge in [0.2, 0.25) is 0 Å². The van der Waals surface area contributed by atoms with Gasteiger partial charge in [-0.15, -0.1) is 0 Å². The van der Waals surface area contributed by atoms with Gasteiger partial charge in [-0.2, -0.15) is 0 Å². The summed E-state index contributed by atoms with van der Waals surface area (Å²) < 4.78 is 23.7. The Morgan fingerprint density at radius 3 is 2.89 bits per heavy atom. The molecule has 100 valence electrons. The largest absolute Gasteiger partial charge is 0.481 e. The summed E-state index contributed by atoms with van der Waals surface area (Å²) in [6, 6.07) is 4.34. The molecule has 0 aliphatic carbocycles. The van der Waals surface area contributed by atoms with Crippen LogP contribution in [0.15, 0.2) is 22.7 Å². The Morgan fingerprint density at radius 2 is 2.28 bits per heavy atom. The van der Waals surface area contributed by atoms with Gasteiger partial charge < -0.3 is 14.8 Å². The number of hydrogen-bond donors (Lipinski definition) is 1. The van der Waals surface area contributed by atoms with Gasteiger partial charge in [0.25, 0.3) is 5.91 Å². The summed E-state index contributed by atoms with van der Waals surface area (Å²) in [4.78, 5) is 11.6. The van der Waals surface area contributed by atoms with Crippen molar-refractivity contribution in [2.24, 2.45) is 0 Å². The van der Waals surface area contributed by atoms with Crippen molar-refractivity contribution in [2.75, 3.05) is 20.3 Å². The number of halogens is 2. The Labute approximate surface area is 114 Å². The molecule has 0 bridgehead atoms. The van der Waals surface area contributed by atoms with Crippen molar-refractivity contribution in [3.05, 3.63) is 28.5 Å². The molecule has 0 radical (unpaired) electrons. The number of amides is 1. The number of carbonyl (C=O) groups is 1. The van der Waals surface area contributed by atoms with Crippen LogP contribution in [0.2, 0.25) is 0 Å². The molecule has 0 saturated heterocycles. The van der Waals surface area contributed by atoms with Crippen molar-refractivity contribution in [3.63, 3.8) is 0 Å². The average molecular weight is 320 g/mol. The van der Waals surface area contributed by atoms with Gasteiger partial charge in [0, 0.05) is 19.7 Å². The quantitative estimate of drug-likeness (QED) is 0.817. The van der Waals surface area contributed by atoms with E-state index in [9.17, 15) is 9.18 Å². The molecule has 18 heavy (non-hydrogen) atoms. The van der Waals surface area contributed by atoms with Crippen LogP contribution in [0.1, 0.15) is 6.92 Å². The van der Waals surface area contributed by atoms with E-state index in [1.54, 1.807) is 20.1 Å².